The third-order valence-corrected chi connectivity index (χ3v) is 6.16. The summed E-state index contributed by atoms with van der Waals surface area (Å²) in [7, 11) is 0. The van der Waals surface area contributed by atoms with E-state index >= 15 is 0 Å². The number of halogens is 1. The molecule has 4 nitrogen and oxygen atoms in total. The van der Waals surface area contributed by atoms with Gasteiger partial charge in [0.15, 0.2) is 0 Å². The van der Waals surface area contributed by atoms with Gasteiger partial charge in [0.05, 0.1) is 5.88 Å². The molecule has 1 aliphatic heterocycles. The van der Waals surface area contributed by atoms with Crippen LogP contribution in [0.5, 0.6) is 0 Å². The summed E-state index contributed by atoms with van der Waals surface area (Å²) in [6, 6.07) is 6.72. The molecule has 6 heteroatoms. The Kier molecular flexibility index (Phi) is 5.72. The van der Waals surface area contributed by atoms with Gasteiger partial charge in [-0.3, -0.25) is 9.59 Å². The predicted molar refractivity (Wildman–Crippen MR) is 98.3 cm³/mol. The predicted octanol–water partition coefficient (Wildman–Crippen LogP) is 3.55. The van der Waals surface area contributed by atoms with Gasteiger partial charge in [0.2, 0.25) is 5.91 Å². The molecule has 0 aromatic heterocycles. The van der Waals surface area contributed by atoms with E-state index in [9.17, 15) is 9.59 Å². The Balaban J connectivity index is 1.63. The highest BCUT2D eigenvalue weighted by molar-refractivity contribution is 7.99. The van der Waals surface area contributed by atoms with E-state index in [0.29, 0.717) is 22.2 Å². The van der Waals surface area contributed by atoms with E-state index in [1.165, 1.54) is 0 Å². The molecule has 130 valence electrons. The van der Waals surface area contributed by atoms with Gasteiger partial charge in [-0.05, 0) is 55.9 Å². The maximum absolute atomic E-state index is 12.7. The van der Waals surface area contributed by atoms with E-state index in [1.54, 1.807) is 40.9 Å². The standard InChI is InChI=1S/C18H23ClN2O2S/c1-12-2-8-15(9-3-12)20-17(22)16-10-24-11-21(16)18(23)13-4-6-14(19)7-5-13/h4-7,12,15-16H,2-3,8-11H2,1H3,(H,20,22). The number of thioether (sulfide) groups is 1. The molecular formula is C18H23ClN2O2S. The average molecular weight is 367 g/mol. The molecule has 1 saturated carbocycles. The van der Waals surface area contributed by atoms with Crippen LogP contribution in [0.25, 0.3) is 0 Å². The SMILES string of the molecule is CC1CCC(NC(=O)C2CSCN2C(=O)c2ccc(Cl)cc2)CC1. The number of amides is 2. The van der Waals surface area contributed by atoms with Crippen LogP contribution in [-0.2, 0) is 4.79 Å². The van der Waals surface area contributed by atoms with E-state index in [4.69, 9.17) is 11.6 Å². The number of hydrogen-bond acceptors (Lipinski definition) is 3. The van der Waals surface area contributed by atoms with Gasteiger partial charge in [0.25, 0.3) is 5.91 Å². The van der Waals surface area contributed by atoms with Gasteiger partial charge in [-0.2, -0.15) is 0 Å². The minimum atomic E-state index is -0.377. The first-order chi connectivity index (χ1) is 11.5. The number of carbonyl (C=O) groups is 2. The first kappa shape index (κ1) is 17.6. The van der Waals surface area contributed by atoms with Gasteiger partial charge in [0, 0.05) is 22.4 Å². The van der Waals surface area contributed by atoms with Crippen molar-refractivity contribution in [3.63, 3.8) is 0 Å². The molecular weight excluding hydrogens is 344 g/mol. The Morgan fingerprint density at radius 3 is 2.50 bits per heavy atom. The lowest BCUT2D eigenvalue weighted by Gasteiger charge is -2.29. The molecule has 0 spiro atoms. The highest BCUT2D eigenvalue weighted by Gasteiger charge is 2.36. The van der Waals surface area contributed by atoms with Crippen LogP contribution in [0.15, 0.2) is 24.3 Å². The molecule has 1 unspecified atom stereocenters. The molecule has 1 aromatic rings. The Morgan fingerprint density at radius 1 is 1.17 bits per heavy atom. The van der Waals surface area contributed by atoms with Crippen molar-refractivity contribution in [2.24, 2.45) is 5.92 Å². The van der Waals surface area contributed by atoms with Crippen molar-refractivity contribution in [2.45, 2.75) is 44.7 Å². The molecule has 1 N–H and O–H groups in total. The van der Waals surface area contributed by atoms with E-state index in [-0.39, 0.29) is 23.9 Å². The molecule has 24 heavy (non-hydrogen) atoms. The molecule has 3 rings (SSSR count). The van der Waals surface area contributed by atoms with Crippen molar-refractivity contribution in [3.05, 3.63) is 34.9 Å². The summed E-state index contributed by atoms with van der Waals surface area (Å²) < 4.78 is 0. The van der Waals surface area contributed by atoms with Gasteiger partial charge in [-0.1, -0.05) is 18.5 Å². The second-order valence-corrected chi connectivity index (χ2v) is 8.20. The molecule has 1 aliphatic carbocycles. The zero-order valence-corrected chi connectivity index (χ0v) is 15.4. The first-order valence-corrected chi connectivity index (χ1v) is 10.0. The van der Waals surface area contributed by atoms with Crippen molar-refractivity contribution < 1.29 is 9.59 Å². The number of carbonyl (C=O) groups excluding carboxylic acids is 2. The number of nitrogens with zero attached hydrogens (tertiary/aromatic N) is 1. The molecule has 1 heterocycles. The molecule has 1 saturated heterocycles. The van der Waals surface area contributed by atoms with Crippen LogP contribution < -0.4 is 5.32 Å². The molecule has 1 atom stereocenters. The van der Waals surface area contributed by atoms with Crippen LogP contribution in [0.3, 0.4) is 0 Å². The lowest BCUT2D eigenvalue weighted by Crippen LogP contribution is -2.50. The Morgan fingerprint density at radius 2 is 1.83 bits per heavy atom. The van der Waals surface area contributed by atoms with Gasteiger partial charge >= 0.3 is 0 Å². The van der Waals surface area contributed by atoms with E-state index in [0.717, 1.165) is 31.6 Å². The zero-order valence-electron chi connectivity index (χ0n) is 13.8. The topological polar surface area (TPSA) is 49.4 Å². The molecule has 0 bridgehead atoms. The van der Waals surface area contributed by atoms with Crippen LogP contribution in [0.2, 0.25) is 5.02 Å². The van der Waals surface area contributed by atoms with Crippen LogP contribution in [0, 0.1) is 5.92 Å². The van der Waals surface area contributed by atoms with Crippen LogP contribution in [0.1, 0.15) is 43.0 Å². The Hall–Kier alpha value is -1.20. The number of nitrogens with one attached hydrogen (secondary N) is 1. The third kappa shape index (κ3) is 4.06. The van der Waals surface area contributed by atoms with Gasteiger partial charge < -0.3 is 10.2 Å². The molecule has 0 radical (unpaired) electrons. The van der Waals surface area contributed by atoms with E-state index < -0.39 is 0 Å². The number of rotatable bonds is 3. The fourth-order valence-corrected chi connectivity index (χ4v) is 4.60. The summed E-state index contributed by atoms with van der Waals surface area (Å²) >= 11 is 7.51. The Bertz CT molecular complexity index is 600. The monoisotopic (exact) mass is 366 g/mol. The van der Waals surface area contributed by atoms with Crippen molar-refractivity contribution in [2.75, 3.05) is 11.6 Å². The van der Waals surface area contributed by atoms with Gasteiger partial charge in [0.1, 0.15) is 6.04 Å². The number of benzene rings is 1. The summed E-state index contributed by atoms with van der Waals surface area (Å²) in [4.78, 5) is 27.0. The second kappa shape index (κ2) is 7.79. The highest BCUT2D eigenvalue weighted by Crippen LogP contribution is 2.26. The largest absolute Gasteiger partial charge is 0.352 e. The van der Waals surface area contributed by atoms with Gasteiger partial charge in [-0.15, -0.1) is 11.8 Å². The number of hydrogen-bond donors (Lipinski definition) is 1. The van der Waals surface area contributed by atoms with Crippen LogP contribution in [0.4, 0.5) is 0 Å². The average Bonchev–Trinajstić information content (AvgIpc) is 3.07. The first-order valence-electron chi connectivity index (χ1n) is 8.49. The van der Waals surface area contributed by atoms with Crippen molar-refractivity contribution in [1.29, 1.82) is 0 Å². The minimum Gasteiger partial charge on any atom is -0.352 e. The van der Waals surface area contributed by atoms with Crippen molar-refractivity contribution in [1.82, 2.24) is 10.2 Å². The maximum atomic E-state index is 12.7. The Labute approximate surface area is 152 Å². The summed E-state index contributed by atoms with van der Waals surface area (Å²) in [5.74, 6) is 1.86. The summed E-state index contributed by atoms with van der Waals surface area (Å²) in [5.41, 5.74) is 0.575. The lowest BCUT2D eigenvalue weighted by molar-refractivity contribution is -0.125. The fourth-order valence-electron chi connectivity index (χ4n) is 3.32. The quantitative estimate of drug-likeness (QED) is 0.889. The smallest absolute Gasteiger partial charge is 0.255 e. The summed E-state index contributed by atoms with van der Waals surface area (Å²) in [6.07, 6.45) is 4.41. The molecule has 2 amide bonds. The molecule has 2 aliphatic rings. The fraction of sp³-hybridized carbons (Fsp3) is 0.556. The van der Waals surface area contributed by atoms with Crippen LogP contribution >= 0.6 is 23.4 Å². The van der Waals surface area contributed by atoms with Gasteiger partial charge in [-0.25, -0.2) is 0 Å². The summed E-state index contributed by atoms with van der Waals surface area (Å²) in [5, 5.41) is 3.76. The normalized spacial score (nSPS) is 27.1. The minimum absolute atomic E-state index is 0.0122. The van der Waals surface area contributed by atoms with Crippen molar-refractivity contribution in [3.8, 4) is 0 Å². The third-order valence-electron chi connectivity index (χ3n) is 4.90. The summed E-state index contributed by atoms with van der Waals surface area (Å²) in [6.45, 7) is 2.26. The van der Waals surface area contributed by atoms with Crippen molar-refractivity contribution >= 4 is 35.2 Å². The molecule has 2 fully saturated rings. The zero-order chi connectivity index (χ0) is 17.1. The second-order valence-electron chi connectivity index (χ2n) is 6.76. The van der Waals surface area contributed by atoms with Crippen LogP contribution in [-0.4, -0.2) is 40.4 Å². The lowest BCUT2D eigenvalue weighted by atomic mass is 9.87. The molecule has 1 aromatic carbocycles. The maximum Gasteiger partial charge on any atom is 0.255 e. The highest BCUT2D eigenvalue weighted by atomic mass is 35.5. The van der Waals surface area contributed by atoms with E-state index in [1.807, 2.05) is 0 Å². The van der Waals surface area contributed by atoms with E-state index in [2.05, 4.69) is 12.2 Å².